The third-order valence-electron chi connectivity index (χ3n) is 1.28. The largest absolute Gasteiger partial charge is 0.393 e. The van der Waals surface area contributed by atoms with E-state index >= 15 is 0 Å². The van der Waals surface area contributed by atoms with Gasteiger partial charge in [-0.2, -0.15) is 5.10 Å². The van der Waals surface area contributed by atoms with Gasteiger partial charge in [0.1, 0.15) is 11.5 Å². The molecule has 0 aliphatic heterocycles. The van der Waals surface area contributed by atoms with E-state index < -0.39 is 0 Å². The van der Waals surface area contributed by atoms with E-state index in [-0.39, 0.29) is 0 Å². The van der Waals surface area contributed by atoms with Crippen LogP contribution in [0.15, 0.2) is 4.60 Å². The number of nitrogens with two attached hydrogens (primary N) is 1. The van der Waals surface area contributed by atoms with E-state index in [0.717, 1.165) is 5.82 Å². The second kappa shape index (κ2) is 2.49. The summed E-state index contributed by atoms with van der Waals surface area (Å²) >= 11 is 3.21. The summed E-state index contributed by atoms with van der Waals surface area (Å²) in [7, 11) is 3.63. The van der Waals surface area contributed by atoms with Gasteiger partial charge in [0.15, 0.2) is 4.60 Å². The van der Waals surface area contributed by atoms with Gasteiger partial charge in [0.2, 0.25) is 0 Å². The lowest BCUT2D eigenvalue weighted by atomic mass is 10.5. The van der Waals surface area contributed by atoms with E-state index in [9.17, 15) is 0 Å². The summed E-state index contributed by atoms with van der Waals surface area (Å²) < 4.78 is 2.36. The number of nitrogens with one attached hydrogen (secondary N) is 1. The average molecular weight is 205 g/mol. The van der Waals surface area contributed by atoms with Crippen molar-refractivity contribution < 1.29 is 0 Å². The van der Waals surface area contributed by atoms with Crippen LogP contribution in [0.5, 0.6) is 0 Å². The highest BCUT2D eigenvalue weighted by Gasteiger charge is 2.07. The minimum atomic E-state index is 0.644. The van der Waals surface area contributed by atoms with Crippen molar-refractivity contribution in [2.75, 3.05) is 18.1 Å². The Bertz CT molecular complexity index is 242. The molecule has 1 rings (SSSR count). The first-order valence-electron chi connectivity index (χ1n) is 2.82. The van der Waals surface area contributed by atoms with Crippen molar-refractivity contribution in [2.45, 2.75) is 0 Å². The summed E-state index contributed by atoms with van der Waals surface area (Å²) in [5.74, 6) is 0.826. The number of nitrogens with zero attached hydrogens (tertiary/aromatic N) is 2. The van der Waals surface area contributed by atoms with Crippen LogP contribution in [0.1, 0.15) is 0 Å². The summed E-state index contributed by atoms with van der Waals surface area (Å²) in [6, 6.07) is 0. The molecule has 0 aliphatic carbocycles. The molecule has 0 saturated heterocycles. The quantitative estimate of drug-likeness (QED) is 0.713. The van der Waals surface area contributed by atoms with Gasteiger partial charge >= 0.3 is 0 Å². The Morgan fingerprint density at radius 1 is 1.70 bits per heavy atom. The second-order valence-electron chi connectivity index (χ2n) is 1.93. The monoisotopic (exact) mass is 204 g/mol. The van der Waals surface area contributed by atoms with Crippen LogP contribution in [0.25, 0.3) is 0 Å². The van der Waals surface area contributed by atoms with Gasteiger partial charge in [0, 0.05) is 14.1 Å². The minimum absolute atomic E-state index is 0.644. The zero-order valence-electron chi connectivity index (χ0n) is 5.85. The fourth-order valence-electron chi connectivity index (χ4n) is 0.804. The van der Waals surface area contributed by atoms with Crippen LogP contribution < -0.4 is 11.1 Å². The molecule has 10 heavy (non-hydrogen) atoms. The molecule has 0 radical (unpaired) electrons. The van der Waals surface area contributed by atoms with Crippen molar-refractivity contribution in [3.05, 3.63) is 4.60 Å². The average Bonchev–Trinajstić information content (AvgIpc) is 2.09. The van der Waals surface area contributed by atoms with Crippen LogP contribution in [0.4, 0.5) is 11.5 Å². The number of rotatable bonds is 1. The molecular formula is C5H9BrN4. The lowest BCUT2D eigenvalue weighted by Gasteiger charge is -1.99. The van der Waals surface area contributed by atoms with Crippen molar-refractivity contribution in [2.24, 2.45) is 7.05 Å². The van der Waals surface area contributed by atoms with Crippen LogP contribution in [-0.4, -0.2) is 16.8 Å². The Kier molecular flexibility index (Phi) is 1.85. The van der Waals surface area contributed by atoms with Crippen LogP contribution in [0.3, 0.4) is 0 Å². The molecule has 0 aromatic carbocycles. The van der Waals surface area contributed by atoms with Gasteiger partial charge in [-0.15, -0.1) is 0 Å². The lowest BCUT2D eigenvalue weighted by Crippen LogP contribution is -2.00. The zero-order chi connectivity index (χ0) is 7.72. The van der Waals surface area contributed by atoms with Crippen LogP contribution in [-0.2, 0) is 7.05 Å². The van der Waals surface area contributed by atoms with Gasteiger partial charge in [0.25, 0.3) is 0 Å². The predicted molar refractivity (Wildman–Crippen MR) is 44.9 cm³/mol. The number of hydrogen-bond donors (Lipinski definition) is 2. The standard InChI is InChI=1S/C5H9BrN4/c1-8-5-3(7)4(6)9-10(5)2/h8H,7H2,1-2H3. The summed E-state index contributed by atoms with van der Waals surface area (Å²) in [5, 5.41) is 6.96. The highest BCUT2D eigenvalue weighted by molar-refractivity contribution is 9.10. The van der Waals surface area contributed by atoms with Crippen LogP contribution >= 0.6 is 15.9 Å². The Morgan fingerprint density at radius 2 is 2.30 bits per heavy atom. The van der Waals surface area contributed by atoms with Gasteiger partial charge in [0.05, 0.1) is 0 Å². The molecule has 0 atom stereocenters. The van der Waals surface area contributed by atoms with Crippen molar-refractivity contribution >= 4 is 27.4 Å². The van der Waals surface area contributed by atoms with Crippen molar-refractivity contribution in [3.63, 3.8) is 0 Å². The predicted octanol–water partition coefficient (Wildman–Crippen LogP) is 0.806. The Hall–Kier alpha value is -0.710. The van der Waals surface area contributed by atoms with E-state index in [0.29, 0.717) is 10.3 Å². The van der Waals surface area contributed by atoms with E-state index in [1.54, 1.807) is 11.7 Å². The fraction of sp³-hybridized carbons (Fsp3) is 0.400. The highest BCUT2D eigenvalue weighted by atomic mass is 79.9. The Morgan fingerprint density at radius 3 is 2.50 bits per heavy atom. The molecular weight excluding hydrogens is 196 g/mol. The van der Waals surface area contributed by atoms with Gasteiger partial charge < -0.3 is 11.1 Å². The normalized spacial score (nSPS) is 9.90. The van der Waals surface area contributed by atoms with Crippen LogP contribution in [0.2, 0.25) is 0 Å². The molecule has 1 aromatic rings. The molecule has 0 fully saturated rings. The van der Waals surface area contributed by atoms with Gasteiger partial charge in [-0.3, -0.25) is 0 Å². The maximum atomic E-state index is 5.62. The van der Waals surface area contributed by atoms with Crippen molar-refractivity contribution in [1.29, 1.82) is 0 Å². The summed E-state index contributed by atoms with van der Waals surface area (Å²) in [6.07, 6.45) is 0. The number of anilines is 2. The third kappa shape index (κ3) is 0.965. The number of hydrogen-bond acceptors (Lipinski definition) is 3. The maximum Gasteiger partial charge on any atom is 0.153 e. The summed E-state index contributed by atoms with van der Waals surface area (Å²) in [6.45, 7) is 0. The molecule has 1 aromatic heterocycles. The molecule has 1 heterocycles. The molecule has 0 amide bonds. The second-order valence-corrected chi connectivity index (χ2v) is 2.68. The van der Waals surface area contributed by atoms with E-state index in [1.807, 2.05) is 7.05 Å². The lowest BCUT2D eigenvalue weighted by molar-refractivity contribution is 0.767. The molecule has 0 saturated carbocycles. The van der Waals surface area contributed by atoms with Crippen molar-refractivity contribution in [3.8, 4) is 0 Å². The molecule has 3 N–H and O–H groups in total. The minimum Gasteiger partial charge on any atom is -0.393 e. The van der Waals surface area contributed by atoms with E-state index in [2.05, 4.69) is 26.3 Å². The first kappa shape index (κ1) is 7.40. The number of nitrogen functional groups attached to an aromatic ring is 1. The van der Waals surface area contributed by atoms with Gasteiger partial charge in [-0.25, -0.2) is 4.68 Å². The maximum absolute atomic E-state index is 5.62. The topological polar surface area (TPSA) is 55.9 Å². The molecule has 5 heteroatoms. The number of aromatic nitrogens is 2. The number of aryl methyl sites for hydroxylation is 1. The SMILES string of the molecule is CNc1c(N)c(Br)nn1C. The van der Waals surface area contributed by atoms with Gasteiger partial charge in [-0.05, 0) is 15.9 Å². The smallest absolute Gasteiger partial charge is 0.153 e. The molecule has 0 aliphatic rings. The molecule has 0 spiro atoms. The first-order valence-corrected chi connectivity index (χ1v) is 3.62. The third-order valence-corrected chi connectivity index (χ3v) is 1.86. The summed E-state index contributed by atoms with van der Waals surface area (Å²) in [4.78, 5) is 0. The Balaban J connectivity index is 3.20. The molecule has 56 valence electrons. The molecule has 0 unspecified atom stereocenters. The Labute approximate surface area is 67.5 Å². The number of halogens is 1. The van der Waals surface area contributed by atoms with Crippen molar-refractivity contribution in [1.82, 2.24) is 9.78 Å². The van der Waals surface area contributed by atoms with Crippen LogP contribution in [0, 0.1) is 0 Å². The fourth-order valence-corrected chi connectivity index (χ4v) is 1.23. The van der Waals surface area contributed by atoms with E-state index in [1.165, 1.54) is 0 Å². The van der Waals surface area contributed by atoms with E-state index in [4.69, 9.17) is 5.73 Å². The molecule has 4 nitrogen and oxygen atoms in total. The summed E-state index contributed by atoms with van der Waals surface area (Å²) in [5.41, 5.74) is 6.26. The highest BCUT2D eigenvalue weighted by Crippen LogP contribution is 2.25. The zero-order valence-corrected chi connectivity index (χ0v) is 7.44. The van der Waals surface area contributed by atoms with Gasteiger partial charge in [-0.1, -0.05) is 0 Å². The first-order chi connectivity index (χ1) is 4.66. The molecule has 0 bridgehead atoms.